The maximum absolute atomic E-state index is 15.2. The molecule has 2 aromatic rings. The predicted molar refractivity (Wildman–Crippen MR) is 139 cm³/mol. The number of benzene rings is 1. The lowest BCUT2D eigenvalue weighted by Crippen LogP contribution is -2.49. The predicted octanol–water partition coefficient (Wildman–Crippen LogP) is 5.52. The summed E-state index contributed by atoms with van der Waals surface area (Å²) in [6.07, 6.45) is 3.31. The van der Waals surface area contributed by atoms with Crippen molar-refractivity contribution in [1.82, 2.24) is 14.9 Å². The van der Waals surface area contributed by atoms with Crippen LogP contribution in [-0.4, -0.2) is 66.1 Å². The van der Waals surface area contributed by atoms with Gasteiger partial charge in [0.05, 0.1) is 13.1 Å². The molecule has 1 aliphatic carbocycles. The number of fused-ring (bicyclic) bond motifs is 1. The highest BCUT2D eigenvalue weighted by Crippen LogP contribution is 2.36. The van der Waals surface area contributed by atoms with Gasteiger partial charge in [-0.2, -0.15) is 23.1 Å². The van der Waals surface area contributed by atoms with Gasteiger partial charge in [0.1, 0.15) is 23.3 Å². The molecule has 1 fully saturated rings. The van der Waals surface area contributed by atoms with Gasteiger partial charge in [0, 0.05) is 49.4 Å². The first kappa shape index (κ1) is 26.8. The number of rotatable bonds is 6. The Hall–Kier alpha value is -3.80. The number of hydrogen-bond donors (Lipinski definition) is 1. The van der Waals surface area contributed by atoms with Gasteiger partial charge in [-0.15, -0.1) is 0 Å². The van der Waals surface area contributed by atoms with Crippen molar-refractivity contribution in [2.75, 3.05) is 49.5 Å². The summed E-state index contributed by atoms with van der Waals surface area (Å²) < 4.78 is 74.1. The molecular formula is C27H27F5N6O. The summed E-state index contributed by atoms with van der Waals surface area (Å²) in [6.45, 7) is 4.13. The number of aromatic nitrogens is 2. The Balaban J connectivity index is 1.43. The largest absolute Gasteiger partial charge is 0.421 e. The van der Waals surface area contributed by atoms with Crippen LogP contribution in [0.2, 0.25) is 0 Å². The van der Waals surface area contributed by atoms with Crippen LogP contribution in [0.1, 0.15) is 25.0 Å². The van der Waals surface area contributed by atoms with Crippen molar-refractivity contribution < 1.29 is 26.7 Å². The van der Waals surface area contributed by atoms with Crippen molar-refractivity contribution >= 4 is 23.5 Å². The molecule has 1 aromatic heterocycles. The van der Waals surface area contributed by atoms with E-state index in [0.29, 0.717) is 30.4 Å². The number of hydrogen-bond acceptors (Lipinski definition) is 7. The third-order valence-corrected chi connectivity index (χ3v) is 6.55. The highest BCUT2D eigenvalue weighted by molar-refractivity contribution is 6.05. The molecule has 1 saturated heterocycles. The van der Waals surface area contributed by atoms with Gasteiger partial charge in [-0.25, -0.2) is 8.78 Å². The summed E-state index contributed by atoms with van der Waals surface area (Å²) in [5.41, 5.74) is 2.23. The number of amidine groups is 1. The van der Waals surface area contributed by atoms with E-state index in [1.807, 2.05) is 25.2 Å². The lowest BCUT2D eigenvalue weighted by Gasteiger charge is -2.35. The normalized spacial score (nSPS) is 17.8. The molecule has 3 heterocycles. The summed E-state index contributed by atoms with van der Waals surface area (Å²) in [6, 6.07) is 2.37. The minimum absolute atomic E-state index is 0.139. The number of allylic oxidation sites excluding steroid dienone is 2. The molecule has 0 bridgehead atoms. The van der Waals surface area contributed by atoms with Crippen molar-refractivity contribution in [3.8, 4) is 11.8 Å². The fourth-order valence-electron chi connectivity index (χ4n) is 4.78. The van der Waals surface area contributed by atoms with Crippen LogP contribution >= 0.6 is 0 Å². The molecule has 0 radical (unpaired) electrons. The summed E-state index contributed by atoms with van der Waals surface area (Å²) in [5.74, 6) is -0.448. The first-order valence-corrected chi connectivity index (χ1v) is 12.5. The van der Waals surface area contributed by atoms with Gasteiger partial charge in [0.15, 0.2) is 11.6 Å². The van der Waals surface area contributed by atoms with E-state index in [2.05, 4.69) is 20.3 Å². The molecule has 5 rings (SSSR count). The zero-order valence-corrected chi connectivity index (χ0v) is 21.4. The van der Waals surface area contributed by atoms with Gasteiger partial charge in [-0.3, -0.25) is 9.89 Å². The zero-order valence-electron chi connectivity index (χ0n) is 21.4. The average molecular weight is 547 g/mol. The lowest BCUT2D eigenvalue weighted by atomic mass is 10.1. The molecule has 0 amide bonds. The monoisotopic (exact) mass is 546 g/mol. The minimum Gasteiger partial charge on any atom is -0.421 e. The fraction of sp³-hybridized carbons (Fsp3) is 0.370. The van der Waals surface area contributed by atoms with Crippen LogP contribution in [0.15, 0.2) is 46.5 Å². The second-order valence-electron chi connectivity index (χ2n) is 9.65. The van der Waals surface area contributed by atoms with Crippen LogP contribution in [0.5, 0.6) is 11.8 Å². The van der Waals surface area contributed by atoms with Gasteiger partial charge in [0.2, 0.25) is 0 Å². The Kier molecular flexibility index (Phi) is 7.39. The van der Waals surface area contributed by atoms with Crippen molar-refractivity contribution in [3.63, 3.8) is 0 Å². The van der Waals surface area contributed by atoms with E-state index in [1.165, 1.54) is 4.90 Å². The number of halogens is 5. The average Bonchev–Trinajstić information content (AvgIpc) is 3.48. The smallest absolute Gasteiger partial charge is 0.401 e. The Morgan fingerprint density at radius 1 is 1.08 bits per heavy atom. The first-order valence-electron chi connectivity index (χ1n) is 12.5. The summed E-state index contributed by atoms with van der Waals surface area (Å²) >= 11 is 0. The third-order valence-electron chi connectivity index (χ3n) is 6.55. The maximum Gasteiger partial charge on any atom is 0.401 e. The lowest BCUT2D eigenvalue weighted by molar-refractivity contribution is -0.146. The second kappa shape index (κ2) is 10.8. The molecule has 206 valence electrons. The van der Waals surface area contributed by atoms with E-state index >= 15 is 4.39 Å². The number of piperazine rings is 1. The number of nitrogens with one attached hydrogen (secondary N) is 1. The molecule has 3 aliphatic rings. The Bertz CT molecular complexity index is 1390. The number of nitrogens with zero attached hydrogens (tertiary/aromatic N) is 5. The van der Waals surface area contributed by atoms with Crippen LogP contribution in [0, 0.1) is 11.6 Å². The van der Waals surface area contributed by atoms with E-state index in [-0.39, 0.29) is 49.1 Å². The maximum atomic E-state index is 15.2. The molecule has 12 heteroatoms. The van der Waals surface area contributed by atoms with E-state index in [9.17, 15) is 17.6 Å². The molecule has 39 heavy (non-hydrogen) atoms. The van der Waals surface area contributed by atoms with Crippen molar-refractivity contribution in [3.05, 3.63) is 64.3 Å². The number of anilines is 2. The van der Waals surface area contributed by atoms with Crippen LogP contribution < -0.4 is 15.0 Å². The standard InChI is InChI=1S/C27H27F5N6O/c1-3-4-17-11-22(33-14-17)34-23-13-24(38-7-5-37(6-8-38)15-27(30,31)32)36-26(35-23)39-21-12-20(28)18-9-16(2)10-19(18)25(21)29/h3-4,10-13H,5-9,14-15H2,1-2H3,(H,33,34,35,36)/b4-3+. The Labute approximate surface area is 222 Å². The summed E-state index contributed by atoms with van der Waals surface area (Å²) in [5, 5.41) is 3.09. The number of aliphatic imine (C=N–C) groups is 1. The highest BCUT2D eigenvalue weighted by Gasteiger charge is 2.32. The molecule has 0 saturated carbocycles. The first-order chi connectivity index (χ1) is 18.6. The van der Waals surface area contributed by atoms with E-state index < -0.39 is 24.4 Å². The van der Waals surface area contributed by atoms with Gasteiger partial charge >= 0.3 is 12.2 Å². The summed E-state index contributed by atoms with van der Waals surface area (Å²) in [4.78, 5) is 16.3. The van der Waals surface area contributed by atoms with E-state index in [4.69, 9.17) is 4.74 Å². The number of alkyl halides is 3. The molecule has 7 nitrogen and oxygen atoms in total. The zero-order chi connectivity index (χ0) is 27.7. The van der Waals surface area contributed by atoms with Gasteiger partial charge in [-0.05, 0) is 31.9 Å². The molecule has 1 aromatic carbocycles. The van der Waals surface area contributed by atoms with Crippen molar-refractivity contribution in [2.24, 2.45) is 4.99 Å². The van der Waals surface area contributed by atoms with Crippen molar-refractivity contribution in [1.29, 1.82) is 0 Å². The van der Waals surface area contributed by atoms with Crippen LogP contribution in [-0.2, 0) is 6.42 Å². The fourth-order valence-corrected chi connectivity index (χ4v) is 4.78. The SMILES string of the molecule is C/C=C/C1=CC(Nc2cc(N3CCN(CC(F)(F)F)CC3)nc(Oc3cc(F)c4c(c3F)C=C(C)C4)n2)=NC1. The topological polar surface area (TPSA) is 65.9 Å². The van der Waals surface area contributed by atoms with Crippen LogP contribution in [0.3, 0.4) is 0 Å². The molecule has 0 atom stereocenters. The third kappa shape index (κ3) is 6.27. The Morgan fingerprint density at radius 2 is 1.85 bits per heavy atom. The van der Waals surface area contributed by atoms with Crippen molar-refractivity contribution in [2.45, 2.75) is 26.4 Å². The molecule has 1 N–H and O–H groups in total. The summed E-state index contributed by atoms with van der Waals surface area (Å²) in [7, 11) is 0. The minimum atomic E-state index is -4.28. The molecule has 2 aliphatic heterocycles. The molecular weight excluding hydrogens is 519 g/mol. The Morgan fingerprint density at radius 3 is 2.56 bits per heavy atom. The number of ether oxygens (including phenoxy) is 1. The van der Waals surface area contributed by atoms with E-state index in [0.717, 1.165) is 17.2 Å². The molecule has 0 unspecified atom stereocenters. The van der Waals surface area contributed by atoms with Gasteiger partial charge in [-0.1, -0.05) is 23.8 Å². The van der Waals surface area contributed by atoms with Crippen LogP contribution in [0.4, 0.5) is 33.6 Å². The van der Waals surface area contributed by atoms with Gasteiger partial charge < -0.3 is 15.0 Å². The quantitative estimate of drug-likeness (QED) is 0.482. The van der Waals surface area contributed by atoms with Gasteiger partial charge in [0.25, 0.3) is 0 Å². The van der Waals surface area contributed by atoms with E-state index in [1.54, 1.807) is 24.0 Å². The second-order valence-corrected chi connectivity index (χ2v) is 9.65. The van der Waals surface area contributed by atoms with Crippen LogP contribution in [0.25, 0.3) is 6.08 Å². The molecule has 0 spiro atoms. The highest BCUT2D eigenvalue weighted by atomic mass is 19.4.